The van der Waals surface area contributed by atoms with Crippen LogP contribution < -0.4 is 0 Å². The molecule has 0 rings (SSSR count). The van der Waals surface area contributed by atoms with Crippen LogP contribution in [0.25, 0.3) is 0 Å². The number of carboxylic acid groups (broad SMARTS) is 2. The minimum absolute atomic E-state index is 0.0417. The Morgan fingerprint density at radius 2 is 1.33 bits per heavy atom. The van der Waals surface area contributed by atoms with Gasteiger partial charge in [0.25, 0.3) is 0 Å². The molecule has 21 heavy (non-hydrogen) atoms. The fourth-order valence-electron chi connectivity index (χ4n) is 0.945. The highest BCUT2D eigenvalue weighted by molar-refractivity contribution is 5.83. The summed E-state index contributed by atoms with van der Waals surface area (Å²) >= 11 is 0. The molecule has 126 valence electrons. The number of hydrogen-bond acceptors (Lipinski definition) is 8. The van der Waals surface area contributed by atoms with E-state index in [-0.39, 0.29) is 13.2 Å². The maximum Gasteiger partial charge on any atom is 0.336 e. The van der Waals surface area contributed by atoms with Gasteiger partial charge in [0, 0.05) is 7.11 Å². The van der Waals surface area contributed by atoms with E-state index in [2.05, 4.69) is 4.74 Å². The Kier molecular flexibility index (Phi) is 15.8. The molecule has 0 heterocycles. The summed E-state index contributed by atoms with van der Waals surface area (Å²) in [6, 6.07) is 0. The fraction of sp³-hybridized carbons (Fsp3) is 0.818. The molecule has 0 amide bonds. The maximum absolute atomic E-state index is 10.1. The van der Waals surface area contributed by atoms with E-state index >= 15 is 0 Å². The molecule has 2 atom stereocenters. The van der Waals surface area contributed by atoms with Gasteiger partial charge in [-0.3, -0.25) is 0 Å². The third-order valence-electron chi connectivity index (χ3n) is 1.88. The van der Waals surface area contributed by atoms with Crippen molar-refractivity contribution in [3.63, 3.8) is 0 Å². The van der Waals surface area contributed by atoms with E-state index < -0.39 is 24.1 Å². The zero-order chi connectivity index (χ0) is 16.7. The van der Waals surface area contributed by atoms with Gasteiger partial charge in [0.05, 0.1) is 39.6 Å². The molecule has 0 spiro atoms. The molecule has 0 aliphatic heterocycles. The van der Waals surface area contributed by atoms with Gasteiger partial charge in [0.1, 0.15) is 0 Å². The van der Waals surface area contributed by atoms with E-state index in [9.17, 15) is 9.59 Å². The first-order chi connectivity index (χ1) is 9.92. The van der Waals surface area contributed by atoms with Crippen LogP contribution in [0.15, 0.2) is 0 Å². The summed E-state index contributed by atoms with van der Waals surface area (Å²) in [7, 11) is 1.00. The average molecular weight is 314 g/mol. The first-order valence-corrected chi connectivity index (χ1v) is 5.96. The van der Waals surface area contributed by atoms with Gasteiger partial charge in [0.15, 0.2) is 12.2 Å². The average Bonchev–Trinajstić information content (AvgIpc) is 2.43. The van der Waals surface area contributed by atoms with Crippen molar-refractivity contribution in [2.75, 3.05) is 46.8 Å². The number of ether oxygens (including phenoxy) is 3. The summed E-state index contributed by atoms with van der Waals surface area (Å²) < 4.78 is 13.9. The number of aliphatic hydroxyl groups excluding tert-OH is 3. The Hall–Kier alpha value is -1.30. The molecule has 0 aliphatic rings. The van der Waals surface area contributed by atoms with E-state index in [0.717, 1.165) is 7.11 Å². The van der Waals surface area contributed by atoms with Crippen LogP contribution in [0, 0.1) is 0 Å². The van der Waals surface area contributed by atoms with Crippen molar-refractivity contribution < 1.29 is 49.3 Å². The summed E-state index contributed by atoms with van der Waals surface area (Å²) in [4.78, 5) is 20.1. The summed E-state index contributed by atoms with van der Waals surface area (Å²) in [5, 5.41) is 41.6. The van der Waals surface area contributed by atoms with Crippen LogP contribution in [0.2, 0.25) is 0 Å². The van der Waals surface area contributed by atoms with Crippen LogP contribution in [0.4, 0.5) is 0 Å². The quantitative estimate of drug-likeness (QED) is 0.258. The number of hydrogen-bond donors (Lipinski definition) is 5. The summed E-state index contributed by atoms with van der Waals surface area (Å²) in [5.74, 6) is -3.14. The van der Waals surface area contributed by atoms with E-state index in [0.29, 0.717) is 26.4 Å². The molecule has 0 aromatic carbocycles. The Balaban J connectivity index is 0. The zero-order valence-corrected chi connectivity index (χ0v) is 11.7. The summed E-state index contributed by atoms with van der Waals surface area (Å²) in [6.45, 7) is 1.73. The van der Waals surface area contributed by atoms with Gasteiger partial charge >= 0.3 is 11.9 Å². The van der Waals surface area contributed by atoms with Crippen molar-refractivity contribution in [2.24, 2.45) is 0 Å². The van der Waals surface area contributed by atoms with Gasteiger partial charge < -0.3 is 39.7 Å². The smallest absolute Gasteiger partial charge is 0.336 e. The minimum Gasteiger partial charge on any atom is -0.479 e. The molecule has 0 aliphatic carbocycles. The molecule has 0 radical (unpaired) electrons. The number of carbonyl (C=O) groups is 2. The molecule has 2 unspecified atom stereocenters. The zero-order valence-electron chi connectivity index (χ0n) is 11.7. The van der Waals surface area contributed by atoms with Crippen LogP contribution in [0.3, 0.4) is 0 Å². The van der Waals surface area contributed by atoms with E-state index in [1.165, 1.54) is 0 Å². The second-order valence-electron chi connectivity index (χ2n) is 3.45. The van der Waals surface area contributed by atoms with Gasteiger partial charge in [-0.05, 0) is 0 Å². The normalized spacial score (nSPS) is 13.0. The lowest BCUT2D eigenvalue weighted by molar-refractivity contribution is -0.168. The van der Waals surface area contributed by atoms with E-state index in [4.69, 9.17) is 35.0 Å². The van der Waals surface area contributed by atoms with Crippen LogP contribution in [0.5, 0.6) is 0 Å². The van der Waals surface area contributed by atoms with Crippen molar-refractivity contribution in [2.45, 2.75) is 12.2 Å². The molecule has 0 bridgehead atoms. The van der Waals surface area contributed by atoms with Crippen LogP contribution in [-0.2, 0) is 23.8 Å². The highest BCUT2D eigenvalue weighted by atomic mass is 16.5. The molecular formula is C11H22O10. The highest BCUT2D eigenvalue weighted by Gasteiger charge is 2.31. The third-order valence-corrected chi connectivity index (χ3v) is 1.88. The van der Waals surface area contributed by atoms with E-state index in [1.807, 2.05) is 0 Å². The second kappa shape index (κ2) is 15.1. The Bertz CT molecular complexity index is 262. The lowest BCUT2D eigenvalue weighted by Gasteiger charge is -2.12. The summed E-state index contributed by atoms with van der Waals surface area (Å²) in [6.07, 6.45) is -3.75. The van der Waals surface area contributed by atoms with Crippen molar-refractivity contribution in [3.8, 4) is 0 Å². The van der Waals surface area contributed by atoms with Crippen LogP contribution in [-0.4, -0.2) is 96.4 Å². The SMILES string of the molecule is COC(C(=O)O)C(O)C(=O)O.OCCOCCOCCO. The van der Waals surface area contributed by atoms with Gasteiger partial charge in [-0.25, -0.2) is 9.59 Å². The topological polar surface area (TPSA) is 163 Å². The standard InChI is InChI=1S/C6H14O4.C5H8O6/c7-1-3-9-5-6-10-4-2-8;1-11-3(5(9)10)2(6)4(7)8/h7-8H,1-6H2;2-3,6H,1H3,(H,7,8)(H,9,10). The first kappa shape index (κ1) is 22.0. The van der Waals surface area contributed by atoms with E-state index in [1.54, 1.807) is 0 Å². The van der Waals surface area contributed by atoms with Crippen LogP contribution >= 0.6 is 0 Å². The molecular weight excluding hydrogens is 292 g/mol. The van der Waals surface area contributed by atoms with Gasteiger partial charge in [-0.1, -0.05) is 0 Å². The van der Waals surface area contributed by atoms with Crippen molar-refractivity contribution in [3.05, 3.63) is 0 Å². The molecule has 10 nitrogen and oxygen atoms in total. The number of carboxylic acids is 2. The molecule has 10 heteroatoms. The second-order valence-corrected chi connectivity index (χ2v) is 3.45. The number of methoxy groups -OCH3 is 1. The Labute approximate surface area is 121 Å². The number of aliphatic hydroxyl groups is 3. The van der Waals surface area contributed by atoms with Gasteiger partial charge in [-0.15, -0.1) is 0 Å². The predicted octanol–water partition coefficient (Wildman–Crippen LogP) is -2.46. The first-order valence-electron chi connectivity index (χ1n) is 5.96. The van der Waals surface area contributed by atoms with Gasteiger partial charge in [0.2, 0.25) is 0 Å². The van der Waals surface area contributed by atoms with Gasteiger partial charge in [-0.2, -0.15) is 0 Å². The monoisotopic (exact) mass is 314 g/mol. The van der Waals surface area contributed by atoms with Crippen molar-refractivity contribution in [1.29, 1.82) is 0 Å². The van der Waals surface area contributed by atoms with Crippen molar-refractivity contribution in [1.82, 2.24) is 0 Å². The van der Waals surface area contributed by atoms with Crippen molar-refractivity contribution >= 4 is 11.9 Å². The lowest BCUT2D eigenvalue weighted by atomic mass is 10.2. The lowest BCUT2D eigenvalue weighted by Crippen LogP contribution is -2.40. The maximum atomic E-state index is 10.1. The summed E-state index contributed by atoms with van der Waals surface area (Å²) in [5.41, 5.74) is 0. The number of rotatable bonds is 11. The largest absolute Gasteiger partial charge is 0.479 e. The van der Waals surface area contributed by atoms with Crippen LogP contribution in [0.1, 0.15) is 0 Å². The minimum atomic E-state index is -2.03. The predicted molar refractivity (Wildman–Crippen MR) is 67.9 cm³/mol. The molecule has 0 aromatic heterocycles. The Morgan fingerprint density at radius 3 is 1.52 bits per heavy atom. The molecule has 0 saturated carbocycles. The Morgan fingerprint density at radius 1 is 0.905 bits per heavy atom. The molecule has 5 N–H and O–H groups in total. The molecule has 0 saturated heterocycles. The molecule has 0 aromatic rings. The fourth-order valence-corrected chi connectivity index (χ4v) is 0.945. The third kappa shape index (κ3) is 13.4. The number of aliphatic carboxylic acids is 2. The highest BCUT2D eigenvalue weighted by Crippen LogP contribution is 1.98. The molecule has 0 fully saturated rings.